The smallest absolute Gasteiger partial charge is 0.246 e. The van der Waals surface area contributed by atoms with Gasteiger partial charge in [-0.3, -0.25) is 4.79 Å². The summed E-state index contributed by atoms with van der Waals surface area (Å²) in [7, 11) is 0. The molecule has 0 bridgehead atoms. The molecule has 0 saturated carbocycles. The minimum atomic E-state index is -0.202. The first-order valence-electron chi connectivity index (χ1n) is 11.8. The number of nitrogens with one attached hydrogen (secondary N) is 1. The fourth-order valence-electron chi connectivity index (χ4n) is 4.77. The number of aromatic nitrogens is 2. The van der Waals surface area contributed by atoms with Crippen molar-refractivity contribution in [3.63, 3.8) is 0 Å². The third kappa shape index (κ3) is 4.79. The number of carbonyl (C=O) groups is 1. The minimum absolute atomic E-state index is 0.0220. The molecule has 36 heavy (non-hydrogen) atoms. The summed E-state index contributed by atoms with van der Waals surface area (Å²) in [5.74, 6) is 0.925. The highest BCUT2D eigenvalue weighted by Crippen LogP contribution is 2.41. The average Bonchev–Trinajstić information content (AvgIpc) is 3.36. The van der Waals surface area contributed by atoms with Crippen LogP contribution in [0.5, 0.6) is 0 Å². The van der Waals surface area contributed by atoms with Gasteiger partial charge in [-0.2, -0.15) is 5.10 Å². The van der Waals surface area contributed by atoms with Gasteiger partial charge in [-0.05, 0) is 36.3 Å². The van der Waals surface area contributed by atoms with Crippen LogP contribution in [0.4, 0.5) is 5.82 Å². The number of piperazine rings is 1. The molecule has 1 aromatic heterocycles. The number of fused-ring (bicyclic) bond motifs is 1. The summed E-state index contributed by atoms with van der Waals surface area (Å²) in [5, 5.41) is 9.05. The zero-order valence-corrected chi connectivity index (χ0v) is 21.5. The predicted octanol–water partition coefficient (Wildman–Crippen LogP) is 5.85. The van der Waals surface area contributed by atoms with Crippen LogP contribution in [0.2, 0.25) is 10.0 Å². The standard InChI is InChI=1S/C28H27Cl2N5O/c1-19-27(28(35-25(32-19)12-13-31-35)22-9-10-23(29)24(30)18-22)20(2)33-14-16-34(17-15-33)26(36)11-8-21-6-4-3-5-7-21/h3-13,18,28,32H,2,14-17H2,1H3/b11-8+. The molecule has 1 atom stereocenters. The van der Waals surface area contributed by atoms with E-state index in [-0.39, 0.29) is 11.9 Å². The minimum Gasteiger partial charge on any atom is -0.368 e. The molecular formula is C28H27Cl2N5O. The highest BCUT2D eigenvalue weighted by atomic mass is 35.5. The topological polar surface area (TPSA) is 53.4 Å². The fraction of sp³-hybridized carbons (Fsp3) is 0.214. The first-order chi connectivity index (χ1) is 17.4. The Bertz CT molecular complexity index is 1350. The molecule has 1 N–H and O–H groups in total. The van der Waals surface area contributed by atoms with Crippen LogP contribution >= 0.6 is 23.2 Å². The summed E-state index contributed by atoms with van der Waals surface area (Å²) in [6.07, 6.45) is 5.29. The fourth-order valence-corrected chi connectivity index (χ4v) is 5.08. The highest BCUT2D eigenvalue weighted by Gasteiger charge is 2.33. The molecule has 184 valence electrons. The van der Waals surface area contributed by atoms with Crippen LogP contribution in [-0.2, 0) is 4.79 Å². The number of rotatable bonds is 5. The second-order valence-corrected chi connectivity index (χ2v) is 9.72. The van der Waals surface area contributed by atoms with Gasteiger partial charge in [0.1, 0.15) is 11.9 Å². The lowest BCUT2D eigenvalue weighted by atomic mass is 9.92. The maximum Gasteiger partial charge on any atom is 0.246 e. The van der Waals surface area contributed by atoms with Crippen molar-refractivity contribution in [3.8, 4) is 0 Å². The number of amides is 1. The monoisotopic (exact) mass is 519 g/mol. The van der Waals surface area contributed by atoms with E-state index in [0.29, 0.717) is 36.2 Å². The molecule has 1 saturated heterocycles. The second kappa shape index (κ2) is 10.2. The van der Waals surface area contributed by atoms with Gasteiger partial charge in [0.25, 0.3) is 0 Å². The van der Waals surface area contributed by atoms with Gasteiger partial charge in [0.2, 0.25) is 5.91 Å². The van der Waals surface area contributed by atoms with E-state index in [9.17, 15) is 4.79 Å². The molecule has 1 fully saturated rings. The lowest BCUT2D eigenvalue weighted by Gasteiger charge is -2.40. The van der Waals surface area contributed by atoms with E-state index in [0.717, 1.165) is 33.9 Å². The van der Waals surface area contributed by atoms with E-state index in [1.54, 1.807) is 12.3 Å². The molecule has 0 spiro atoms. The third-order valence-corrected chi connectivity index (χ3v) is 7.41. The van der Waals surface area contributed by atoms with Gasteiger partial charge in [-0.1, -0.05) is 66.2 Å². The normalized spacial score (nSPS) is 17.8. The highest BCUT2D eigenvalue weighted by molar-refractivity contribution is 6.42. The first kappa shape index (κ1) is 24.2. The van der Waals surface area contributed by atoms with Crippen LogP contribution in [0.15, 0.2) is 90.4 Å². The van der Waals surface area contributed by atoms with Crippen LogP contribution < -0.4 is 5.32 Å². The summed E-state index contributed by atoms with van der Waals surface area (Å²) in [6, 6.07) is 17.3. The molecule has 1 amide bonds. The van der Waals surface area contributed by atoms with E-state index >= 15 is 0 Å². The quantitative estimate of drug-likeness (QED) is 0.429. The average molecular weight is 520 g/mol. The van der Waals surface area contributed by atoms with Gasteiger partial charge in [0.05, 0.1) is 16.2 Å². The summed E-state index contributed by atoms with van der Waals surface area (Å²) in [5.41, 5.74) is 4.94. The van der Waals surface area contributed by atoms with Crippen molar-refractivity contribution >= 4 is 41.0 Å². The Morgan fingerprint density at radius 1 is 1.03 bits per heavy atom. The van der Waals surface area contributed by atoms with Crippen molar-refractivity contribution in [2.75, 3.05) is 31.5 Å². The Balaban J connectivity index is 1.33. The van der Waals surface area contributed by atoms with E-state index in [4.69, 9.17) is 23.2 Å². The van der Waals surface area contributed by atoms with Crippen molar-refractivity contribution in [3.05, 3.63) is 112 Å². The van der Waals surface area contributed by atoms with Crippen molar-refractivity contribution in [1.29, 1.82) is 0 Å². The molecule has 3 heterocycles. The second-order valence-electron chi connectivity index (χ2n) is 8.90. The lowest BCUT2D eigenvalue weighted by molar-refractivity contribution is -0.127. The number of hydrogen-bond donors (Lipinski definition) is 1. The number of benzene rings is 2. The number of nitrogens with zero attached hydrogens (tertiary/aromatic N) is 4. The molecule has 3 aromatic rings. The van der Waals surface area contributed by atoms with Crippen LogP contribution in [0, 0.1) is 0 Å². The van der Waals surface area contributed by atoms with Crippen molar-refractivity contribution in [2.24, 2.45) is 0 Å². The Morgan fingerprint density at radius 3 is 2.47 bits per heavy atom. The first-order valence-corrected chi connectivity index (χ1v) is 12.6. The summed E-state index contributed by atoms with van der Waals surface area (Å²) < 4.78 is 1.95. The van der Waals surface area contributed by atoms with Crippen LogP contribution in [0.25, 0.3) is 6.08 Å². The molecule has 2 aliphatic heterocycles. The number of carbonyl (C=O) groups excluding carboxylic acids is 1. The Morgan fingerprint density at radius 2 is 1.75 bits per heavy atom. The zero-order valence-electron chi connectivity index (χ0n) is 20.0. The zero-order chi connectivity index (χ0) is 25.2. The van der Waals surface area contributed by atoms with Gasteiger partial charge in [0, 0.05) is 55.3 Å². The maximum atomic E-state index is 12.7. The molecule has 2 aliphatic rings. The van der Waals surface area contributed by atoms with Crippen LogP contribution in [-0.4, -0.2) is 51.7 Å². The predicted molar refractivity (Wildman–Crippen MR) is 146 cm³/mol. The summed E-state index contributed by atoms with van der Waals surface area (Å²) in [4.78, 5) is 16.9. The van der Waals surface area contributed by atoms with E-state index in [1.165, 1.54) is 0 Å². The van der Waals surface area contributed by atoms with E-state index < -0.39 is 0 Å². The van der Waals surface area contributed by atoms with E-state index in [1.807, 2.05) is 70.3 Å². The van der Waals surface area contributed by atoms with Crippen molar-refractivity contribution in [1.82, 2.24) is 19.6 Å². The van der Waals surface area contributed by atoms with Crippen molar-refractivity contribution < 1.29 is 4.79 Å². The van der Waals surface area contributed by atoms with Gasteiger partial charge in [-0.15, -0.1) is 0 Å². The van der Waals surface area contributed by atoms with Crippen LogP contribution in [0.1, 0.15) is 24.1 Å². The van der Waals surface area contributed by atoms with Gasteiger partial charge < -0.3 is 15.1 Å². The lowest BCUT2D eigenvalue weighted by Crippen LogP contribution is -2.48. The molecule has 0 radical (unpaired) electrons. The molecule has 5 rings (SSSR count). The van der Waals surface area contributed by atoms with Crippen LogP contribution in [0.3, 0.4) is 0 Å². The molecular weight excluding hydrogens is 493 g/mol. The van der Waals surface area contributed by atoms with Gasteiger partial charge in [0.15, 0.2) is 0 Å². The maximum absolute atomic E-state index is 12.7. The molecule has 2 aromatic carbocycles. The SMILES string of the molecule is C=C(C1=C(C)Nc2ccnn2C1c1ccc(Cl)c(Cl)c1)N1CCN(C(=O)/C=C/c2ccccc2)CC1. The largest absolute Gasteiger partial charge is 0.368 e. The summed E-state index contributed by atoms with van der Waals surface area (Å²) in [6.45, 7) is 9.18. The van der Waals surface area contributed by atoms with Gasteiger partial charge in [-0.25, -0.2) is 4.68 Å². The van der Waals surface area contributed by atoms with Gasteiger partial charge >= 0.3 is 0 Å². The molecule has 6 nitrogen and oxygen atoms in total. The molecule has 0 aliphatic carbocycles. The molecule has 8 heteroatoms. The van der Waals surface area contributed by atoms with E-state index in [2.05, 4.69) is 28.8 Å². The Kier molecular flexibility index (Phi) is 6.90. The number of hydrogen-bond acceptors (Lipinski definition) is 4. The Labute approximate surface area is 221 Å². The van der Waals surface area contributed by atoms with Crippen molar-refractivity contribution in [2.45, 2.75) is 13.0 Å². The molecule has 1 unspecified atom stereocenters. The third-order valence-electron chi connectivity index (χ3n) is 6.67. The number of allylic oxidation sites excluding steroid dienone is 2. The number of anilines is 1. The number of halogens is 2. The Hall–Kier alpha value is -3.48. The summed E-state index contributed by atoms with van der Waals surface area (Å²) >= 11 is 12.6.